The highest BCUT2D eigenvalue weighted by molar-refractivity contribution is 5.76. The third kappa shape index (κ3) is 4.03. The van der Waals surface area contributed by atoms with Crippen LogP contribution < -0.4 is 0 Å². The number of hydrogen-bond acceptors (Lipinski definition) is 1. The molecule has 0 amide bonds. The highest BCUT2D eigenvalue weighted by Gasteiger charge is 2.21. The van der Waals surface area contributed by atoms with Crippen LogP contribution in [0.1, 0.15) is 60.9 Å². The maximum Gasteiger partial charge on any atom is 0.150 e. The van der Waals surface area contributed by atoms with Crippen molar-refractivity contribution in [3.8, 4) is 11.1 Å². The summed E-state index contributed by atoms with van der Waals surface area (Å²) < 4.78 is 0. The fourth-order valence-corrected chi connectivity index (χ4v) is 3.76. The first-order valence-electron chi connectivity index (χ1n) is 9.07. The molecule has 0 heterocycles. The zero-order valence-electron chi connectivity index (χ0n) is 14.4. The van der Waals surface area contributed by atoms with Crippen molar-refractivity contribution in [2.75, 3.05) is 0 Å². The number of benzene rings is 2. The molecule has 3 rings (SSSR count). The van der Waals surface area contributed by atoms with E-state index in [1.165, 1.54) is 48.8 Å². The molecule has 0 saturated heterocycles. The van der Waals surface area contributed by atoms with Crippen LogP contribution in [0.25, 0.3) is 11.1 Å². The highest BCUT2D eigenvalue weighted by atomic mass is 16.1. The second-order valence-corrected chi connectivity index (χ2v) is 6.88. The molecule has 0 N–H and O–H groups in total. The van der Waals surface area contributed by atoms with Gasteiger partial charge in [0.15, 0.2) is 0 Å². The lowest BCUT2D eigenvalue weighted by Gasteiger charge is -2.28. The second kappa shape index (κ2) is 8.10. The smallest absolute Gasteiger partial charge is 0.150 e. The van der Waals surface area contributed by atoms with E-state index < -0.39 is 0 Å². The van der Waals surface area contributed by atoms with Gasteiger partial charge in [0.1, 0.15) is 6.29 Å². The van der Waals surface area contributed by atoms with E-state index in [4.69, 9.17) is 0 Å². The SMILES string of the molecule is C/C=C/CC1CCC(c2ccc(-c3ccc(C=O)cc3)cc2)CC1. The summed E-state index contributed by atoms with van der Waals surface area (Å²) in [6.07, 6.45) is 12.0. The number of allylic oxidation sites excluding steroid dienone is 2. The van der Waals surface area contributed by atoms with Gasteiger partial charge in [0.05, 0.1) is 0 Å². The molecule has 0 unspecified atom stereocenters. The fourth-order valence-electron chi connectivity index (χ4n) is 3.76. The quantitative estimate of drug-likeness (QED) is 0.460. The predicted octanol–water partition coefficient (Wildman–Crippen LogP) is 6.41. The van der Waals surface area contributed by atoms with Gasteiger partial charge in [-0.3, -0.25) is 4.79 Å². The van der Waals surface area contributed by atoms with E-state index in [1.54, 1.807) is 0 Å². The van der Waals surface area contributed by atoms with Crippen molar-refractivity contribution >= 4 is 6.29 Å². The number of carbonyl (C=O) groups excluding carboxylic acids is 1. The Morgan fingerprint density at radius 1 is 0.875 bits per heavy atom. The first-order valence-corrected chi connectivity index (χ1v) is 9.07. The minimum absolute atomic E-state index is 0.721. The molecule has 0 bridgehead atoms. The first kappa shape index (κ1) is 16.7. The Labute approximate surface area is 145 Å². The van der Waals surface area contributed by atoms with Gasteiger partial charge in [-0.1, -0.05) is 60.7 Å². The second-order valence-electron chi connectivity index (χ2n) is 6.88. The summed E-state index contributed by atoms with van der Waals surface area (Å²) in [7, 11) is 0. The standard InChI is InChI=1S/C23H26O/c1-2-3-4-18-5-9-20(10-6-18)22-13-15-23(16-14-22)21-11-7-19(17-24)8-12-21/h2-3,7-8,11-18,20H,4-6,9-10H2,1H3/b3-2+. The van der Waals surface area contributed by atoms with E-state index in [0.29, 0.717) is 0 Å². The van der Waals surface area contributed by atoms with Gasteiger partial charge in [-0.25, -0.2) is 0 Å². The van der Waals surface area contributed by atoms with Crippen LogP contribution in [-0.2, 0) is 0 Å². The van der Waals surface area contributed by atoms with Crippen LogP contribution in [0.5, 0.6) is 0 Å². The van der Waals surface area contributed by atoms with Gasteiger partial charge in [0.25, 0.3) is 0 Å². The van der Waals surface area contributed by atoms with Crippen LogP contribution in [0.4, 0.5) is 0 Å². The Kier molecular flexibility index (Phi) is 5.63. The van der Waals surface area contributed by atoms with Crippen LogP contribution in [-0.4, -0.2) is 6.29 Å². The summed E-state index contributed by atoms with van der Waals surface area (Å²) >= 11 is 0. The molecular formula is C23H26O. The summed E-state index contributed by atoms with van der Waals surface area (Å²) in [5.74, 6) is 1.60. The molecule has 1 aliphatic carbocycles. The molecule has 1 fully saturated rings. The maximum absolute atomic E-state index is 10.8. The number of carbonyl (C=O) groups is 1. The Hall–Kier alpha value is -2.15. The Bertz CT molecular complexity index is 671. The zero-order valence-corrected chi connectivity index (χ0v) is 14.4. The van der Waals surface area contributed by atoms with E-state index in [1.807, 2.05) is 24.3 Å². The lowest BCUT2D eigenvalue weighted by atomic mass is 9.77. The Morgan fingerprint density at radius 3 is 2.00 bits per heavy atom. The van der Waals surface area contributed by atoms with E-state index >= 15 is 0 Å². The Balaban J connectivity index is 1.63. The average Bonchev–Trinajstić information content (AvgIpc) is 2.67. The topological polar surface area (TPSA) is 17.1 Å². The van der Waals surface area contributed by atoms with E-state index in [0.717, 1.165) is 23.7 Å². The number of hydrogen-bond donors (Lipinski definition) is 0. The van der Waals surface area contributed by atoms with Crippen LogP contribution in [0, 0.1) is 5.92 Å². The van der Waals surface area contributed by atoms with Crippen LogP contribution >= 0.6 is 0 Å². The molecule has 0 atom stereocenters. The van der Waals surface area contributed by atoms with Crippen LogP contribution in [0.2, 0.25) is 0 Å². The molecule has 1 saturated carbocycles. The predicted molar refractivity (Wildman–Crippen MR) is 101 cm³/mol. The lowest BCUT2D eigenvalue weighted by molar-refractivity contribution is 0.112. The molecule has 1 aliphatic rings. The molecule has 1 heteroatoms. The van der Waals surface area contributed by atoms with E-state index in [-0.39, 0.29) is 0 Å². The summed E-state index contributed by atoms with van der Waals surface area (Å²) in [6.45, 7) is 2.11. The summed E-state index contributed by atoms with van der Waals surface area (Å²) in [4.78, 5) is 10.8. The van der Waals surface area contributed by atoms with Crippen LogP contribution in [0.15, 0.2) is 60.7 Å². The van der Waals surface area contributed by atoms with Gasteiger partial charge in [-0.15, -0.1) is 0 Å². The third-order valence-electron chi connectivity index (χ3n) is 5.31. The molecule has 0 aromatic heterocycles. The number of rotatable bonds is 5. The van der Waals surface area contributed by atoms with Crippen molar-refractivity contribution in [1.82, 2.24) is 0 Å². The van der Waals surface area contributed by atoms with Crippen molar-refractivity contribution in [1.29, 1.82) is 0 Å². The number of aldehydes is 1. The van der Waals surface area contributed by atoms with Gasteiger partial charge >= 0.3 is 0 Å². The Morgan fingerprint density at radius 2 is 1.46 bits per heavy atom. The largest absolute Gasteiger partial charge is 0.298 e. The summed E-state index contributed by atoms with van der Waals surface area (Å²) in [5, 5.41) is 0. The zero-order chi connectivity index (χ0) is 16.8. The normalized spacial score (nSPS) is 21.0. The van der Waals surface area contributed by atoms with Gasteiger partial charge in [-0.05, 0) is 67.6 Å². The molecule has 2 aromatic carbocycles. The minimum Gasteiger partial charge on any atom is -0.298 e. The molecule has 1 nitrogen and oxygen atoms in total. The van der Waals surface area contributed by atoms with Crippen molar-refractivity contribution in [2.45, 2.75) is 44.9 Å². The van der Waals surface area contributed by atoms with Crippen molar-refractivity contribution in [2.24, 2.45) is 5.92 Å². The fraction of sp³-hybridized carbons (Fsp3) is 0.348. The molecule has 124 valence electrons. The maximum atomic E-state index is 10.8. The van der Waals surface area contributed by atoms with Gasteiger partial charge in [-0.2, -0.15) is 0 Å². The molecule has 2 aromatic rings. The van der Waals surface area contributed by atoms with Crippen LogP contribution in [0.3, 0.4) is 0 Å². The molecular weight excluding hydrogens is 292 g/mol. The lowest BCUT2D eigenvalue weighted by Crippen LogP contribution is -2.12. The average molecular weight is 318 g/mol. The van der Waals surface area contributed by atoms with Gasteiger partial charge in [0.2, 0.25) is 0 Å². The summed E-state index contributed by atoms with van der Waals surface area (Å²) in [5.41, 5.74) is 4.60. The highest BCUT2D eigenvalue weighted by Crippen LogP contribution is 2.37. The minimum atomic E-state index is 0.721. The first-order chi connectivity index (χ1) is 11.8. The van der Waals surface area contributed by atoms with Crippen molar-refractivity contribution < 1.29 is 4.79 Å². The molecule has 24 heavy (non-hydrogen) atoms. The molecule has 0 aliphatic heterocycles. The van der Waals surface area contributed by atoms with E-state index in [9.17, 15) is 4.79 Å². The van der Waals surface area contributed by atoms with Gasteiger partial charge in [0, 0.05) is 5.56 Å². The van der Waals surface area contributed by atoms with E-state index in [2.05, 4.69) is 43.3 Å². The third-order valence-corrected chi connectivity index (χ3v) is 5.31. The van der Waals surface area contributed by atoms with Crippen molar-refractivity contribution in [3.63, 3.8) is 0 Å². The van der Waals surface area contributed by atoms with Crippen molar-refractivity contribution in [3.05, 3.63) is 71.8 Å². The molecule has 0 spiro atoms. The summed E-state index contributed by atoms with van der Waals surface area (Å²) in [6, 6.07) is 16.8. The molecule has 0 radical (unpaired) electrons. The monoisotopic (exact) mass is 318 g/mol. The van der Waals surface area contributed by atoms with Gasteiger partial charge < -0.3 is 0 Å².